The van der Waals surface area contributed by atoms with Gasteiger partial charge in [-0.3, -0.25) is 4.79 Å². The van der Waals surface area contributed by atoms with Gasteiger partial charge < -0.3 is 5.73 Å². The first-order chi connectivity index (χ1) is 9.77. The topological polar surface area (TPSA) is 43.1 Å². The molecule has 0 heterocycles. The summed E-state index contributed by atoms with van der Waals surface area (Å²) in [5, 5.41) is 0. The normalized spacial score (nSPS) is 11.4. The van der Waals surface area contributed by atoms with Gasteiger partial charge in [0.25, 0.3) is 0 Å². The lowest BCUT2D eigenvalue weighted by Gasteiger charge is -2.10. The maximum Gasteiger partial charge on any atom is 0.416 e. The fourth-order valence-corrected chi connectivity index (χ4v) is 2.14. The van der Waals surface area contributed by atoms with Crippen LogP contribution in [0, 0.1) is 6.92 Å². The highest BCUT2D eigenvalue weighted by atomic mass is 19.4. The molecule has 2 nitrogen and oxygen atoms in total. The first kappa shape index (κ1) is 15.1. The second kappa shape index (κ2) is 5.60. The van der Waals surface area contributed by atoms with E-state index in [0.29, 0.717) is 16.8 Å². The number of carbonyl (C=O) groups is 1. The number of rotatable bonds is 3. The highest BCUT2D eigenvalue weighted by Crippen LogP contribution is 2.30. The second-order valence-electron chi connectivity index (χ2n) is 4.87. The molecule has 0 atom stereocenters. The first-order valence-corrected chi connectivity index (χ1v) is 6.33. The molecule has 0 radical (unpaired) electrons. The molecule has 21 heavy (non-hydrogen) atoms. The molecule has 0 aromatic heterocycles. The lowest BCUT2D eigenvalue weighted by atomic mass is 9.97. The summed E-state index contributed by atoms with van der Waals surface area (Å²) in [7, 11) is 0. The summed E-state index contributed by atoms with van der Waals surface area (Å²) in [6.45, 7) is 1.50. The number of hydrogen-bond donors (Lipinski definition) is 1. The number of anilines is 1. The van der Waals surface area contributed by atoms with Crippen LogP contribution in [0.5, 0.6) is 0 Å². The Balaban J connectivity index is 2.24. The van der Waals surface area contributed by atoms with Gasteiger partial charge in [0.05, 0.1) is 5.56 Å². The van der Waals surface area contributed by atoms with Crippen molar-refractivity contribution in [2.24, 2.45) is 0 Å². The highest BCUT2D eigenvalue weighted by molar-refractivity contribution is 5.98. The minimum absolute atomic E-state index is 0.108. The SMILES string of the molecule is Cc1cc(C(F)(F)F)ccc1C(=O)Cc1cccc(N)c1. The van der Waals surface area contributed by atoms with Crippen LogP contribution in [0.4, 0.5) is 18.9 Å². The molecule has 2 aromatic rings. The average molecular weight is 293 g/mol. The van der Waals surface area contributed by atoms with E-state index in [9.17, 15) is 18.0 Å². The highest BCUT2D eigenvalue weighted by Gasteiger charge is 2.30. The molecular formula is C16H14F3NO. The molecule has 0 amide bonds. The Morgan fingerprint density at radius 3 is 2.43 bits per heavy atom. The molecule has 2 aromatic carbocycles. The van der Waals surface area contributed by atoms with Crippen molar-refractivity contribution in [3.8, 4) is 0 Å². The summed E-state index contributed by atoms with van der Waals surface area (Å²) in [5.74, 6) is -0.230. The summed E-state index contributed by atoms with van der Waals surface area (Å²) >= 11 is 0. The molecule has 0 aliphatic heterocycles. The van der Waals surface area contributed by atoms with Gasteiger partial charge in [0, 0.05) is 17.7 Å². The summed E-state index contributed by atoms with van der Waals surface area (Å²) in [6.07, 6.45) is -4.29. The fraction of sp³-hybridized carbons (Fsp3) is 0.188. The van der Waals surface area contributed by atoms with Crippen molar-refractivity contribution in [3.05, 3.63) is 64.7 Å². The summed E-state index contributed by atoms with van der Waals surface area (Å²) < 4.78 is 37.8. The van der Waals surface area contributed by atoms with E-state index in [-0.39, 0.29) is 12.2 Å². The molecule has 110 valence electrons. The van der Waals surface area contributed by atoms with Crippen LogP contribution in [0.2, 0.25) is 0 Å². The Hall–Kier alpha value is -2.30. The van der Waals surface area contributed by atoms with Crippen molar-refractivity contribution < 1.29 is 18.0 Å². The molecule has 0 fully saturated rings. The van der Waals surface area contributed by atoms with E-state index >= 15 is 0 Å². The van der Waals surface area contributed by atoms with Crippen LogP contribution in [0.25, 0.3) is 0 Å². The molecular weight excluding hydrogens is 279 g/mol. The van der Waals surface area contributed by atoms with Crippen LogP contribution in [0.1, 0.15) is 27.0 Å². The second-order valence-corrected chi connectivity index (χ2v) is 4.87. The van der Waals surface area contributed by atoms with Gasteiger partial charge in [-0.15, -0.1) is 0 Å². The third kappa shape index (κ3) is 3.62. The Morgan fingerprint density at radius 1 is 1.14 bits per heavy atom. The number of benzene rings is 2. The minimum Gasteiger partial charge on any atom is -0.399 e. The van der Waals surface area contributed by atoms with Crippen LogP contribution in [0.3, 0.4) is 0 Å². The molecule has 5 heteroatoms. The summed E-state index contributed by atoms with van der Waals surface area (Å²) in [4.78, 5) is 12.2. The third-order valence-corrected chi connectivity index (χ3v) is 3.17. The quantitative estimate of drug-likeness (QED) is 0.686. The summed E-state index contributed by atoms with van der Waals surface area (Å²) in [5.41, 5.74) is 6.78. The fourth-order valence-electron chi connectivity index (χ4n) is 2.14. The molecule has 0 aliphatic rings. The number of Topliss-reactive ketones (excluding diaryl/α,β-unsaturated/α-hetero) is 1. The average Bonchev–Trinajstić information content (AvgIpc) is 2.37. The maximum atomic E-state index is 12.6. The Kier molecular flexibility index (Phi) is 4.02. The molecule has 2 N–H and O–H groups in total. The zero-order valence-electron chi connectivity index (χ0n) is 11.4. The number of halogens is 3. The Bertz CT molecular complexity index is 677. The van der Waals surface area contributed by atoms with Gasteiger partial charge in [0.1, 0.15) is 0 Å². The number of ketones is 1. The van der Waals surface area contributed by atoms with Crippen molar-refractivity contribution in [3.63, 3.8) is 0 Å². The Morgan fingerprint density at radius 2 is 1.86 bits per heavy atom. The van der Waals surface area contributed by atoms with Gasteiger partial charge >= 0.3 is 6.18 Å². The minimum atomic E-state index is -4.40. The number of aryl methyl sites for hydroxylation is 1. The molecule has 0 saturated heterocycles. The molecule has 0 saturated carbocycles. The number of alkyl halides is 3. The van der Waals surface area contributed by atoms with Gasteiger partial charge in [-0.05, 0) is 42.3 Å². The molecule has 0 bridgehead atoms. The van der Waals surface area contributed by atoms with E-state index in [1.54, 1.807) is 24.3 Å². The molecule has 0 aliphatic carbocycles. The third-order valence-electron chi connectivity index (χ3n) is 3.17. The van der Waals surface area contributed by atoms with Crippen molar-refractivity contribution in [1.82, 2.24) is 0 Å². The Labute approximate surface area is 120 Å². The number of carbonyl (C=O) groups excluding carboxylic acids is 1. The summed E-state index contributed by atoms with van der Waals surface area (Å²) in [6, 6.07) is 10.0. The molecule has 0 unspecified atom stereocenters. The van der Waals surface area contributed by atoms with Crippen molar-refractivity contribution >= 4 is 11.5 Å². The number of nitrogen functional groups attached to an aromatic ring is 1. The van der Waals surface area contributed by atoms with Crippen LogP contribution >= 0.6 is 0 Å². The largest absolute Gasteiger partial charge is 0.416 e. The van der Waals surface area contributed by atoms with Gasteiger partial charge in [-0.2, -0.15) is 13.2 Å². The monoisotopic (exact) mass is 293 g/mol. The standard InChI is InChI=1S/C16H14F3NO/c1-10-7-12(16(17,18)19)5-6-14(10)15(21)9-11-3-2-4-13(20)8-11/h2-8H,9,20H2,1H3. The van der Waals surface area contributed by atoms with Crippen LogP contribution in [-0.4, -0.2) is 5.78 Å². The van der Waals surface area contributed by atoms with Gasteiger partial charge in [-0.1, -0.05) is 18.2 Å². The van der Waals surface area contributed by atoms with Crippen LogP contribution in [-0.2, 0) is 12.6 Å². The van der Waals surface area contributed by atoms with Crippen LogP contribution in [0.15, 0.2) is 42.5 Å². The zero-order chi connectivity index (χ0) is 15.6. The molecule has 0 spiro atoms. The number of nitrogens with two attached hydrogens (primary N) is 1. The van der Waals surface area contributed by atoms with Crippen molar-refractivity contribution in [1.29, 1.82) is 0 Å². The van der Waals surface area contributed by atoms with E-state index in [0.717, 1.165) is 17.7 Å². The van der Waals surface area contributed by atoms with E-state index in [1.807, 2.05) is 0 Å². The predicted octanol–water partition coefficient (Wildman–Crippen LogP) is 4.02. The van der Waals surface area contributed by atoms with Gasteiger partial charge in [0.15, 0.2) is 5.78 Å². The van der Waals surface area contributed by atoms with Gasteiger partial charge in [0.2, 0.25) is 0 Å². The predicted molar refractivity (Wildman–Crippen MR) is 75.1 cm³/mol. The van der Waals surface area contributed by atoms with Crippen molar-refractivity contribution in [2.75, 3.05) is 5.73 Å². The number of hydrogen-bond acceptors (Lipinski definition) is 2. The van der Waals surface area contributed by atoms with Crippen LogP contribution < -0.4 is 5.73 Å². The maximum absolute atomic E-state index is 12.6. The first-order valence-electron chi connectivity index (χ1n) is 6.33. The van der Waals surface area contributed by atoms with E-state index in [1.165, 1.54) is 13.0 Å². The van der Waals surface area contributed by atoms with E-state index in [2.05, 4.69) is 0 Å². The smallest absolute Gasteiger partial charge is 0.399 e. The lowest BCUT2D eigenvalue weighted by Crippen LogP contribution is -2.10. The van der Waals surface area contributed by atoms with E-state index in [4.69, 9.17) is 5.73 Å². The van der Waals surface area contributed by atoms with E-state index < -0.39 is 11.7 Å². The zero-order valence-corrected chi connectivity index (χ0v) is 11.4. The van der Waals surface area contributed by atoms with Gasteiger partial charge in [-0.25, -0.2) is 0 Å². The van der Waals surface area contributed by atoms with Crippen molar-refractivity contribution in [2.45, 2.75) is 19.5 Å². The lowest BCUT2D eigenvalue weighted by molar-refractivity contribution is -0.137. The molecule has 2 rings (SSSR count).